The number of hydrogen-bond acceptors (Lipinski definition) is 7. The third-order valence-corrected chi connectivity index (χ3v) is 8.30. The number of aliphatic hydroxyl groups is 2. The average Bonchev–Trinajstić information content (AvgIpc) is 2.99. The molecule has 0 bridgehead atoms. The van der Waals surface area contributed by atoms with Gasteiger partial charge in [0.15, 0.2) is 11.6 Å². The Morgan fingerprint density at radius 1 is 1.23 bits per heavy atom. The second-order valence-corrected chi connectivity index (χ2v) is 9.71. The number of aliphatic hydroxyl groups excluding tert-OH is 1. The quantitative estimate of drug-likeness (QED) is 0.640. The number of hydrogen-bond donors (Lipinski definition) is 2. The van der Waals surface area contributed by atoms with Crippen molar-refractivity contribution in [2.45, 2.75) is 58.5 Å². The number of fused-ring (bicyclic) bond motifs is 5. The minimum absolute atomic E-state index is 0.0206. The van der Waals surface area contributed by atoms with Gasteiger partial charge in [-0.3, -0.25) is 19.2 Å². The molecule has 0 heterocycles. The maximum atomic E-state index is 13.3. The van der Waals surface area contributed by atoms with Crippen LogP contribution >= 0.6 is 0 Å². The lowest BCUT2D eigenvalue weighted by molar-refractivity contribution is -0.168. The van der Waals surface area contributed by atoms with Crippen molar-refractivity contribution in [1.29, 1.82) is 0 Å². The highest BCUT2D eigenvalue weighted by Crippen LogP contribution is 2.66. The lowest BCUT2D eigenvalue weighted by atomic mass is 9.46. The Morgan fingerprint density at radius 3 is 2.45 bits per heavy atom. The molecule has 6 atom stereocenters. The Balaban J connectivity index is 0.000000491. The Hall–Kier alpha value is -2.12. The molecule has 3 saturated carbocycles. The number of methoxy groups -OCH3 is 1. The fourth-order valence-corrected chi connectivity index (χ4v) is 6.62. The monoisotopic (exact) mass is 432 g/mol. The van der Waals surface area contributed by atoms with E-state index in [1.807, 2.05) is 19.9 Å². The molecule has 2 N–H and O–H groups in total. The number of carbonyl (C=O) groups is 4. The van der Waals surface area contributed by atoms with Gasteiger partial charge in [0.05, 0.1) is 7.11 Å². The van der Waals surface area contributed by atoms with Crippen LogP contribution in [0, 0.1) is 28.6 Å². The molecule has 0 aromatic heterocycles. The first-order valence-corrected chi connectivity index (χ1v) is 10.8. The fraction of sp³-hybridized carbons (Fsp3) is 0.667. The van der Waals surface area contributed by atoms with Gasteiger partial charge in [0.25, 0.3) is 0 Å². The predicted octanol–water partition coefficient (Wildman–Crippen LogP) is 1.95. The average molecular weight is 433 g/mol. The summed E-state index contributed by atoms with van der Waals surface area (Å²) in [4.78, 5) is 47.0. The molecule has 4 rings (SSSR count). The van der Waals surface area contributed by atoms with Crippen molar-refractivity contribution in [2.75, 3.05) is 13.7 Å². The highest BCUT2D eigenvalue weighted by Gasteiger charge is 2.68. The predicted molar refractivity (Wildman–Crippen MR) is 112 cm³/mol. The van der Waals surface area contributed by atoms with Crippen LogP contribution in [0.2, 0.25) is 0 Å². The first kappa shape index (κ1) is 23.5. The van der Waals surface area contributed by atoms with E-state index in [0.29, 0.717) is 12.8 Å². The topological polar surface area (TPSA) is 118 Å². The van der Waals surface area contributed by atoms with Crippen molar-refractivity contribution >= 4 is 23.3 Å². The van der Waals surface area contributed by atoms with Gasteiger partial charge < -0.3 is 14.9 Å². The highest BCUT2D eigenvalue weighted by atomic mass is 16.5. The molecule has 4 aliphatic carbocycles. The first-order valence-electron chi connectivity index (χ1n) is 10.8. The summed E-state index contributed by atoms with van der Waals surface area (Å²) in [6.07, 6.45) is 7.82. The zero-order valence-corrected chi connectivity index (χ0v) is 18.6. The zero-order valence-electron chi connectivity index (χ0n) is 18.6. The Morgan fingerprint density at radius 2 is 1.87 bits per heavy atom. The van der Waals surface area contributed by atoms with Crippen LogP contribution in [-0.2, 0) is 23.9 Å². The van der Waals surface area contributed by atoms with Crippen LogP contribution in [0.25, 0.3) is 0 Å². The summed E-state index contributed by atoms with van der Waals surface area (Å²) in [5.74, 6) is -0.836. The number of allylic oxidation sites excluding steroid dienone is 4. The van der Waals surface area contributed by atoms with Crippen molar-refractivity contribution in [3.63, 3.8) is 0 Å². The number of Topliss-reactive ketones (excluding diaryl/α,β-unsaturated/α-hetero) is 2. The van der Waals surface area contributed by atoms with Crippen LogP contribution in [0.4, 0.5) is 0 Å². The molecule has 170 valence electrons. The van der Waals surface area contributed by atoms with E-state index in [1.165, 1.54) is 14.0 Å². The maximum absolute atomic E-state index is 13.3. The molecule has 0 radical (unpaired) electrons. The van der Waals surface area contributed by atoms with E-state index < -0.39 is 28.8 Å². The molecule has 0 aromatic rings. The Bertz CT molecular complexity index is 871. The smallest absolute Gasteiger partial charge is 0.302 e. The van der Waals surface area contributed by atoms with E-state index in [4.69, 9.17) is 0 Å². The third kappa shape index (κ3) is 3.52. The number of carbonyl (C=O) groups excluding carboxylic acids is 4. The van der Waals surface area contributed by atoms with Crippen LogP contribution in [0.3, 0.4) is 0 Å². The van der Waals surface area contributed by atoms with Gasteiger partial charge in [0.1, 0.15) is 18.0 Å². The molecule has 0 aliphatic heterocycles. The van der Waals surface area contributed by atoms with Crippen molar-refractivity contribution in [3.05, 3.63) is 23.8 Å². The van der Waals surface area contributed by atoms with E-state index in [9.17, 15) is 29.4 Å². The van der Waals surface area contributed by atoms with Crippen LogP contribution in [-0.4, -0.2) is 52.8 Å². The molecule has 4 aliphatic rings. The van der Waals surface area contributed by atoms with Crippen molar-refractivity contribution in [3.8, 4) is 0 Å². The first-order chi connectivity index (χ1) is 14.4. The molecule has 7 nitrogen and oxygen atoms in total. The number of ketones is 3. The standard InChI is InChI=1S/C21H26O5.C3H6O2/c1-19-7-5-13(23)9-12(19)3-4-14-15-6-8-21(26,17(25)11-22)20(15,2)10-16(24)18(14)19;1-3(4)5-2/h5,7,9,14-15,18,22,26H,3-4,6,8,10-11H2,1-2H3;1-2H3/t14-,15-,18+,19-,20-,21-;/m0./s1. The molecule has 7 heteroatoms. The minimum Gasteiger partial charge on any atom is -0.469 e. The van der Waals surface area contributed by atoms with Crippen LogP contribution in [0.15, 0.2) is 23.8 Å². The number of ether oxygens (including phenoxy) is 1. The maximum Gasteiger partial charge on any atom is 0.302 e. The van der Waals surface area contributed by atoms with Gasteiger partial charge in [-0.25, -0.2) is 0 Å². The SMILES string of the molecule is COC(C)=O.C[C@]12C=CC(=O)C=C1CC[C@@H]1[C@@H]2C(=O)C[C@@]2(C)[C@H]1CC[C@]2(O)C(=O)CO. The van der Waals surface area contributed by atoms with Crippen LogP contribution < -0.4 is 0 Å². The lowest BCUT2D eigenvalue weighted by Crippen LogP contribution is -2.60. The molecule has 0 spiro atoms. The third-order valence-electron chi connectivity index (χ3n) is 8.30. The van der Waals surface area contributed by atoms with Crippen molar-refractivity contribution in [1.82, 2.24) is 0 Å². The molecule has 3 fully saturated rings. The van der Waals surface area contributed by atoms with E-state index in [-0.39, 0.29) is 41.7 Å². The normalized spacial score (nSPS) is 40.6. The molecular weight excluding hydrogens is 400 g/mol. The highest BCUT2D eigenvalue weighted by molar-refractivity contribution is 6.02. The van der Waals surface area contributed by atoms with Gasteiger partial charge in [-0.15, -0.1) is 0 Å². The summed E-state index contributed by atoms with van der Waals surface area (Å²) >= 11 is 0. The molecule has 0 saturated heterocycles. The van der Waals surface area contributed by atoms with Crippen molar-refractivity contribution < 1.29 is 34.1 Å². The fourth-order valence-electron chi connectivity index (χ4n) is 6.62. The summed E-state index contributed by atoms with van der Waals surface area (Å²) in [5.41, 5.74) is -1.86. The van der Waals surface area contributed by atoms with E-state index in [0.717, 1.165) is 18.4 Å². The van der Waals surface area contributed by atoms with E-state index in [1.54, 1.807) is 12.2 Å². The van der Waals surface area contributed by atoms with Crippen LogP contribution in [0.1, 0.15) is 52.9 Å². The Labute approximate surface area is 182 Å². The van der Waals surface area contributed by atoms with E-state index in [2.05, 4.69) is 4.74 Å². The van der Waals surface area contributed by atoms with Gasteiger partial charge >= 0.3 is 5.97 Å². The summed E-state index contributed by atoms with van der Waals surface area (Å²) in [5, 5.41) is 20.5. The van der Waals surface area contributed by atoms with Gasteiger partial charge in [0.2, 0.25) is 0 Å². The van der Waals surface area contributed by atoms with Gasteiger partial charge in [-0.05, 0) is 49.7 Å². The summed E-state index contributed by atoms with van der Waals surface area (Å²) in [6, 6.07) is 0. The zero-order chi connectivity index (χ0) is 23.2. The van der Waals surface area contributed by atoms with Crippen molar-refractivity contribution in [2.24, 2.45) is 28.6 Å². The molecule has 31 heavy (non-hydrogen) atoms. The Kier molecular flexibility index (Phi) is 6.15. The molecule has 0 amide bonds. The summed E-state index contributed by atoms with van der Waals surface area (Å²) in [6.45, 7) is 4.55. The van der Waals surface area contributed by atoms with E-state index >= 15 is 0 Å². The number of rotatable bonds is 2. The lowest BCUT2D eigenvalue weighted by Gasteiger charge is -2.56. The van der Waals surface area contributed by atoms with Gasteiger partial charge in [-0.1, -0.05) is 25.5 Å². The minimum atomic E-state index is -1.62. The second-order valence-electron chi connectivity index (χ2n) is 9.71. The largest absolute Gasteiger partial charge is 0.469 e. The molecule has 0 unspecified atom stereocenters. The second kappa shape index (κ2) is 8.10. The summed E-state index contributed by atoms with van der Waals surface area (Å²) < 4.78 is 4.11. The number of esters is 1. The van der Waals surface area contributed by atoms with Gasteiger partial charge in [-0.2, -0.15) is 0 Å². The van der Waals surface area contributed by atoms with Crippen LogP contribution in [0.5, 0.6) is 0 Å². The molecule has 0 aromatic carbocycles. The summed E-state index contributed by atoms with van der Waals surface area (Å²) in [7, 11) is 1.35. The van der Waals surface area contributed by atoms with Gasteiger partial charge in [0, 0.05) is 30.1 Å². The molecular formula is C24H32O7.